The van der Waals surface area contributed by atoms with Crippen molar-refractivity contribution in [2.45, 2.75) is 44.8 Å². The Morgan fingerprint density at radius 1 is 1.31 bits per heavy atom. The molecule has 4 N–H and O–H groups in total. The molecule has 3 rings (SSSR count). The van der Waals surface area contributed by atoms with Crippen molar-refractivity contribution in [3.05, 3.63) is 60.6 Å². The van der Waals surface area contributed by atoms with E-state index in [-0.39, 0.29) is 17.9 Å². The number of primary amides is 1. The Hall–Kier alpha value is -2.77. The number of benzene rings is 1. The Kier molecular flexibility index (Phi) is 8.76. The van der Waals surface area contributed by atoms with E-state index in [1.54, 1.807) is 13.1 Å². The highest BCUT2D eigenvalue weighted by Crippen LogP contribution is 2.19. The molecule has 1 aromatic heterocycles. The number of hydrogen-bond acceptors (Lipinski definition) is 5. The standard InChI is InChI=1S/C25H33N4O3/c1-18(25(26)32)10-11-24(31)28-22-9-5-14-29(17-23(22)30)15-12-19-6-4-7-20(16-19)21-8-2-3-13-27-21/h2-4,6-8,11,13,16,18,22-23,30H,5,9-10,12,14-15,17H2,1H3,(H2,26,32)(H,28,31)/t18?,22?,23-/m0/s1. The lowest BCUT2D eigenvalue weighted by Crippen LogP contribution is -2.46. The molecule has 1 saturated heterocycles. The van der Waals surface area contributed by atoms with Gasteiger partial charge in [-0.25, -0.2) is 0 Å². The fraction of sp³-hybridized carbons (Fsp3) is 0.440. The normalized spacial score (nSPS) is 20.3. The van der Waals surface area contributed by atoms with Crippen molar-refractivity contribution in [3.8, 4) is 11.3 Å². The summed E-state index contributed by atoms with van der Waals surface area (Å²) in [7, 11) is 0. The van der Waals surface area contributed by atoms with Crippen molar-refractivity contribution in [3.63, 3.8) is 0 Å². The van der Waals surface area contributed by atoms with Crippen molar-refractivity contribution in [2.75, 3.05) is 19.6 Å². The maximum absolute atomic E-state index is 12.2. The molecule has 32 heavy (non-hydrogen) atoms. The minimum atomic E-state index is -0.636. The van der Waals surface area contributed by atoms with Gasteiger partial charge in [0.2, 0.25) is 11.8 Å². The quantitative estimate of drug-likeness (QED) is 0.556. The molecule has 0 saturated carbocycles. The Balaban J connectivity index is 1.48. The van der Waals surface area contributed by atoms with Crippen LogP contribution in [0, 0.1) is 12.3 Å². The number of aliphatic hydroxyl groups excluding tert-OH is 1. The molecular weight excluding hydrogens is 404 g/mol. The van der Waals surface area contributed by atoms with Crippen LogP contribution in [0.4, 0.5) is 0 Å². The highest BCUT2D eigenvalue weighted by molar-refractivity contribution is 5.86. The minimum Gasteiger partial charge on any atom is -0.390 e. The van der Waals surface area contributed by atoms with Crippen LogP contribution >= 0.6 is 0 Å². The minimum absolute atomic E-state index is 0.262. The first-order valence-corrected chi connectivity index (χ1v) is 11.3. The Bertz CT molecular complexity index is 890. The summed E-state index contributed by atoms with van der Waals surface area (Å²) in [6, 6.07) is 14.0. The van der Waals surface area contributed by atoms with Crippen molar-refractivity contribution in [1.82, 2.24) is 15.2 Å². The number of amides is 2. The number of nitrogens with one attached hydrogen (secondary N) is 1. The molecule has 0 spiro atoms. The van der Waals surface area contributed by atoms with Gasteiger partial charge in [0, 0.05) is 30.8 Å². The Morgan fingerprint density at radius 2 is 2.16 bits per heavy atom. The third-order valence-electron chi connectivity index (χ3n) is 5.97. The molecule has 1 radical (unpaired) electrons. The van der Waals surface area contributed by atoms with Gasteiger partial charge in [-0.15, -0.1) is 0 Å². The largest absolute Gasteiger partial charge is 0.390 e. The number of nitrogens with zero attached hydrogens (tertiary/aromatic N) is 2. The number of rotatable bonds is 9. The van der Waals surface area contributed by atoms with Gasteiger partial charge in [-0.05, 0) is 56.0 Å². The summed E-state index contributed by atoms with van der Waals surface area (Å²) < 4.78 is 0. The number of aliphatic hydroxyl groups is 1. The molecule has 2 heterocycles. The number of β-amino-alcohol motifs (C(OH)–C–C–N with tert-alkyl or cyclic N) is 1. The van der Waals surface area contributed by atoms with E-state index in [4.69, 9.17) is 5.73 Å². The second-order valence-electron chi connectivity index (χ2n) is 8.53. The first kappa shape index (κ1) is 23.9. The van der Waals surface area contributed by atoms with Crippen LogP contribution < -0.4 is 11.1 Å². The molecule has 2 aromatic rings. The van der Waals surface area contributed by atoms with Gasteiger partial charge in [0.1, 0.15) is 0 Å². The molecule has 7 heteroatoms. The first-order chi connectivity index (χ1) is 15.4. The summed E-state index contributed by atoms with van der Waals surface area (Å²) in [6.07, 6.45) is 5.40. The van der Waals surface area contributed by atoms with Crippen molar-refractivity contribution in [2.24, 2.45) is 11.7 Å². The summed E-state index contributed by atoms with van der Waals surface area (Å²) >= 11 is 0. The molecule has 1 aliphatic heterocycles. The highest BCUT2D eigenvalue weighted by Gasteiger charge is 2.27. The Morgan fingerprint density at radius 3 is 2.91 bits per heavy atom. The Labute approximate surface area is 190 Å². The van der Waals surface area contributed by atoms with Crippen LogP contribution in [-0.4, -0.2) is 58.6 Å². The lowest BCUT2D eigenvalue weighted by Gasteiger charge is -2.25. The van der Waals surface area contributed by atoms with Crippen molar-refractivity contribution >= 4 is 11.8 Å². The van der Waals surface area contributed by atoms with Gasteiger partial charge in [0.25, 0.3) is 0 Å². The average molecular weight is 438 g/mol. The summed E-state index contributed by atoms with van der Waals surface area (Å²) in [5.41, 5.74) is 8.52. The summed E-state index contributed by atoms with van der Waals surface area (Å²) in [5.74, 6) is -1.07. The molecule has 3 atom stereocenters. The van der Waals surface area contributed by atoms with Gasteiger partial charge in [-0.3, -0.25) is 14.6 Å². The summed E-state index contributed by atoms with van der Waals surface area (Å²) in [6.45, 7) is 3.93. The molecule has 1 aromatic carbocycles. The number of pyridine rings is 1. The molecule has 2 amide bonds. The van der Waals surface area contributed by atoms with Crippen LogP contribution in [-0.2, 0) is 16.0 Å². The smallest absolute Gasteiger partial charge is 0.224 e. The first-order valence-electron chi connectivity index (χ1n) is 11.3. The fourth-order valence-electron chi connectivity index (χ4n) is 3.93. The molecule has 1 fully saturated rings. The van der Waals surface area contributed by atoms with E-state index < -0.39 is 12.0 Å². The van der Waals surface area contributed by atoms with Crippen LogP contribution in [0.25, 0.3) is 11.3 Å². The van der Waals surface area contributed by atoms with E-state index in [9.17, 15) is 14.7 Å². The van der Waals surface area contributed by atoms with E-state index in [2.05, 4.69) is 39.5 Å². The number of carbonyl (C=O) groups excluding carboxylic acids is 2. The predicted octanol–water partition coefficient (Wildman–Crippen LogP) is 1.95. The van der Waals surface area contributed by atoms with E-state index in [1.165, 1.54) is 12.0 Å². The van der Waals surface area contributed by atoms with Crippen LogP contribution in [0.5, 0.6) is 0 Å². The third kappa shape index (κ3) is 7.14. The molecule has 0 aliphatic carbocycles. The van der Waals surface area contributed by atoms with Gasteiger partial charge in [-0.2, -0.15) is 0 Å². The molecule has 0 bridgehead atoms. The number of nitrogens with two attached hydrogens (primary N) is 1. The third-order valence-corrected chi connectivity index (χ3v) is 5.97. The van der Waals surface area contributed by atoms with Crippen LogP contribution in [0.2, 0.25) is 0 Å². The van der Waals surface area contributed by atoms with Crippen molar-refractivity contribution in [1.29, 1.82) is 0 Å². The number of hydrogen-bond donors (Lipinski definition) is 3. The van der Waals surface area contributed by atoms with Crippen LogP contribution in [0.3, 0.4) is 0 Å². The van der Waals surface area contributed by atoms with E-state index in [0.29, 0.717) is 13.0 Å². The van der Waals surface area contributed by atoms with E-state index in [0.717, 1.165) is 43.6 Å². The maximum Gasteiger partial charge on any atom is 0.224 e. The highest BCUT2D eigenvalue weighted by atomic mass is 16.3. The zero-order valence-corrected chi connectivity index (χ0v) is 18.6. The predicted molar refractivity (Wildman–Crippen MR) is 124 cm³/mol. The topological polar surface area (TPSA) is 109 Å². The summed E-state index contributed by atoms with van der Waals surface area (Å²) in [5, 5.41) is 13.6. The van der Waals surface area contributed by atoms with Gasteiger partial charge < -0.3 is 21.1 Å². The van der Waals surface area contributed by atoms with Gasteiger partial charge in [0.15, 0.2) is 0 Å². The SMILES string of the molecule is CC(C[CH]C(=O)NC1CCCN(CCc2cccc(-c3ccccn3)c2)C[C@@H]1O)C(N)=O. The average Bonchev–Trinajstić information content (AvgIpc) is 2.97. The fourth-order valence-corrected chi connectivity index (χ4v) is 3.93. The number of likely N-dealkylation sites (tertiary alicyclic amines) is 1. The monoisotopic (exact) mass is 437 g/mol. The molecule has 2 unspecified atom stereocenters. The molecule has 171 valence electrons. The second-order valence-corrected chi connectivity index (χ2v) is 8.53. The molecular formula is C25H33N4O3. The van der Waals surface area contributed by atoms with Crippen molar-refractivity contribution < 1.29 is 14.7 Å². The van der Waals surface area contributed by atoms with Gasteiger partial charge >= 0.3 is 0 Å². The van der Waals surface area contributed by atoms with Gasteiger partial charge in [0.05, 0.1) is 24.3 Å². The van der Waals surface area contributed by atoms with Crippen LogP contribution in [0.1, 0.15) is 31.7 Å². The van der Waals surface area contributed by atoms with E-state index >= 15 is 0 Å². The van der Waals surface area contributed by atoms with E-state index in [1.807, 2.05) is 18.2 Å². The second kappa shape index (κ2) is 11.7. The van der Waals surface area contributed by atoms with Gasteiger partial charge in [-0.1, -0.05) is 31.2 Å². The molecule has 7 nitrogen and oxygen atoms in total. The zero-order chi connectivity index (χ0) is 22.9. The number of carbonyl (C=O) groups is 2. The van der Waals surface area contributed by atoms with Crippen LogP contribution in [0.15, 0.2) is 48.7 Å². The summed E-state index contributed by atoms with van der Waals surface area (Å²) in [4.78, 5) is 30.0. The zero-order valence-electron chi connectivity index (χ0n) is 18.6. The number of aromatic nitrogens is 1. The lowest BCUT2D eigenvalue weighted by molar-refractivity contribution is -0.121. The maximum atomic E-state index is 12.2. The lowest BCUT2D eigenvalue weighted by atomic mass is 10.0. The molecule has 1 aliphatic rings.